The van der Waals surface area contributed by atoms with Crippen molar-refractivity contribution in [3.05, 3.63) is 96.2 Å². The second kappa shape index (κ2) is 9.13. The Morgan fingerprint density at radius 2 is 1.39 bits per heavy atom. The molecule has 1 heterocycles. The van der Waals surface area contributed by atoms with Crippen LogP contribution in [0.3, 0.4) is 0 Å². The Hall–Kier alpha value is -4.12. The van der Waals surface area contributed by atoms with E-state index in [1.165, 1.54) is 0 Å². The minimum atomic E-state index is 0.132. The topological polar surface area (TPSA) is 64.5 Å². The van der Waals surface area contributed by atoms with E-state index in [1.807, 2.05) is 84.9 Å². The number of aromatic nitrogens is 2. The molecule has 0 aliphatic carbocycles. The van der Waals surface area contributed by atoms with E-state index in [4.69, 9.17) is 14.5 Å². The van der Waals surface area contributed by atoms with Crippen molar-refractivity contribution in [1.29, 1.82) is 0 Å². The molecule has 0 spiro atoms. The smallest absolute Gasteiger partial charge is 0.160 e. The average molecular weight is 410 g/mol. The van der Waals surface area contributed by atoms with Crippen LogP contribution in [0.1, 0.15) is 11.3 Å². The molecule has 0 saturated heterocycles. The summed E-state index contributed by atoms with van der Waals surface area (Å²) in [6.07, 6.45) is 1.64. The predicted molar refractivity (Wildman–Crippen MR) is 123 cm³/mol. The van der Waals surface area contributed by atoms with Crippen LogP contribution in [0.2, 0.25) is 0 Å². The number of hydrogen-bond acceptors (Lipinski definition) is 5. The van der Waals surface area contributed by atoms with E-state index in [9.17, 15) is 5.11 Å². The van der Waals surface area contributed by atoms with E-state index >= 15 is 0 Å². The van der Waals surface area contributed by atoms with Gasteiger partial charge in [0.05, 0.1) is 25.6 Å². The molecule has 0 amide bonds. The van der Waals surface area contributed by atoms with E-state index in [-0.39, 0.29) is 5.76 Å². The molecule has 31 heavy (non-hydrogen) atoms. The van der Waals surface area contributed by atoms with Crippen LogP contribution in [0, 0.1) is 0 Å². The summed E-state index contributed by atoms with van der Waals surface area (Å²) in [4.78, 5) is 9.45. The fourth-order valence-electron chi connectivity index (χ4n) is 3.19. The monoisotopic (exact) mass is 410 g/mol. The maximum absolute atomic E-state index is 10.6. The van der Waals surface area contributed by atoms with Crippen molar-refractivity contribution in [3.8, 4) is 34.1 Å². The number of methoxy groups -OCH3 is 2. The van der Waals surface area contributed by atoms with Crippen LogP contribution in [0.5, 0.6) is 11.5 Å². The molecule has 4 aromatic rings. The quantitative estimate of drug-likeness (QED) is 0.402. The van der Waals surface area contributed by atoms with Crippen molar-refractivity contribution in [2.24, 2.45) is 0 Å². The van der Waals surface area contributed by atoms with Crippen molar-refractivity contribution in [3.63, 3.8) is 0 Å². The molecule has 0 bridgehead atoms. The SMILES string of the molecule is COc1cccc(-c2cc(/C=C(\O)c3ccccc3)nc(-c3cccc(OC)c3)n2)c1. The first kappa shape index (κ1) is 20.2. The number of hydrogen-bond donors (Lipinski definition) is 1. The van der Waals surface area contributed by atoms with Gasteiger partial charge >= 0.3 is 0 Å². The lowest BCUT2D eigenvalue weighted by Crippen LogP contribution is -1.97. The minimum absolute atomic E-state index is 0.132. The number of aliphatic hydroxyl groups excluding tert-OH is 1. The van der Waals surface area contributed by atoms with Crippen LogP contribution in [0.15, 0.2) is 84.9 Å². The summed E-state index contributed by atoms with van der Waals surface area (Å²) < 4.78 is 10.7. The Balaban J connectivity index is 1.85. The zero-order valence-corrected chi connectivity index (χ0v) is 17.3. The molecular weight excluding hydrogens is 388 g/mol. The highest BCUT2D eigenvalue weighted by atomic mass is 16.5. The first-order valence-electron chi connectivity index (χ1n) is 9.80. The Morgan fingerprint density at radius 3 is 2.06 bits per heavy atom. The van der Waals surface area contributed by atoms with Gasteiger partial charge in [0, 0.05) is 22.8 Å². The molecule has 5 nitrogen and oxygen atoms in total. The maximum Gasteiger partial charge on any atom is 0.160 e. The van der Waals surface area contributed by atoms with Gasteiger partial charge in [0.1, 0.15) is 17.3 Å². The van der Waals surface area contributed by atoms with Gasteiger partial charge < -0.3 is 14.6 Å². The molecule has 3 aromatic carbocycles. The predicted octanol–water partition coefficient (Wildman–Crippen LogP) is 5.88. The minimum Gasteiger partial charge on any atom is -0.507 e. The second-order valence-corrected chi connectivity index (χ2v) is 6.86. The molecule has 154 valence electrons. The van der Waals surface area contributed by atoms with Crippen LogP contribution in [-0.4, -0.2) is 29.3 Å². The van der Waals surface area contributed by atoms with Gasteiger partial charge in [-0.25, -0.2) is 9.97 Å². The van der Waals surface area contributed by atoms with E-state index < -0.39 is 0 Å². The molecular formula is C26H22N2O3. The van der Waals surface area contributed by atoms with E-state index in [2.05, 4.69) is 4.98 Å². The fraction of sp³-hybridized carbons (Fsp3) is 0.0769. The number of benzene rings is 3. The summed E-state index contributed by atoms with van der Waals surface area (Å²) in [5.41, 5.74) is 3.73. The summed E-state index contributed by atoms with van der Waals surface area (Å²) in [6.45, 7) is 0. The van der Waals surface area contributed by atoms with Crippen molar-refractivity contribution in [2.75, 3.05) is 14.2 Å². The van der Waals surface area contributed by atoms with Crippen LogP contribution in [0.25, 0.3) is 34.5 Å². The van der Waals surface area contributed by atoms with Crippen molar-refractivity contribution < 1.29 is 14.6 Å². The van der Waals surface area contributed by atoms with Gasteiger partial charge in [-0.3, -0.25) is 0 Å². The first-order valence-corrected chi connectivity index (χ1v) is 9.80. The van der Waals surface area contributed by atoms with Gasteiger partial charge in [0.2, 0.25) is 0 Å². The van der Waals surface area contributed by atoms with E-state index in [0.29, 0.717) is 17.1 Å². The van der Waals surface area contributed by atoms with Crippen LogP contribution in [-0.2, 0) is 0 Å². The Kier molecular flexibility index (Phi) is 5.94. The highest BCUT2D eigenvalue weighted by Gasteiger charge is 2.11. The number of ether oxygens (including phenoxy) is 2. The summed E-state index contributed by atoms with van der Waals surface area (Å²) in [6, 6.07) is 26.5. The molecule has 0 saturated carbocycles. The molecule has 0 fully saturated rings. The lowest BCUT2D eigenvalue weighted by Gasteiger charge is -2.09. The zero-order chi connectivity index (χ0) is 21.6. The van der Waals surface area contributed by atoms with E-state index in [1.54, 1.807) is 20.3 Å². The lowest BCUT2D eigenvalue weighted by molar-refractivity contribution is 0.415. The van der Waals surface area contributed by atoms with Gasteiger partial charge in [0.25, 0.3) is 0 Å². The molecule has 0 radical (unpaired) electrons. The number of nitrogens with zero attached hydrogens (tertiary/aromatic N) is 2. The molecule has 0 aliphatic rings. The average Bonchev–Trinajstić information content (AvgIpc) is 2.84. The van der Waals surface area contributed by atoms with Crippen molar-refractivity contribution in [1.82, 2.24) is 9.97 Å². The standard InChI is InChI=1S/C26H22N2O3/c1-30-22-12-6-10-19(14-22)24-16-21(17-25(29)18-8-4-3-5-9-18)27-26(28-24)20-11-7-13-23(15-20)31-2/h3-17,29H,1-2H3/b25-17-. The summed E-state index contributed by atoms with van der Waals surface area (Å²) >= 11 is 0. The maximum atomic E-state index is 10.6. The van der Waals surface area contributed by atoms with Gasteiger partial charge in [0.15, 0.2) is 5.82 Å². The summed E-state index contributed by atoms with van der Waals surface area (Å²) in [5.74, 6) is 2.12. The van der Waals surface area contributed by atoms with E-state index in [0.717, 1.165) is 28.3 Å². The van der Waals surface area contributed by atoms with Gasteiger partial charge in [-0.1, -0.05) is 54.6 Å². The number of rotatable bonds is 6. The highest BCUT2D eigenvalue weighted by Crippen LogP contribution is 2.28. The zero-order valence-electron chi connectivity index (χ0n) is 17.3. The molecule has 4 rings (SSSR count). The molecule has 1 N–H and O–H groups in total. The van der Waals surface area contributed by atoms with Crippen LogP contribution < -0.4 is 9.47 Å². The third-order valence-corrected chi connectivity index (χ3v) is 4.79. The fourth-order valence-corrected chi connectivity index (χ4v) is 3.19. The third-order valence-electron chi connectivity index (χ3n) is 4.79. The normalized spacial score (nSPS) is 11.2. The first-order chi connectivity index (χ1) is 15.2. The van der Waals surface area contributed by atoms with Gasteiger partial charge in [-0.2, -0.15) is 0 Å². The largest absolute Gasteiger partial charge is 0.507 e. The van der Waals surface area contributed by atoms with Gasteiger partial charge in [-0.15, -0.1) is 0 Å². The molecule has 0 aliphatic heterocycles. The van der Waals surface area contributed by atoms with Crippen LogP contribution >= 0.6 is 0 Å². The Labute approximate surface area is 181 Å². The third kappa shape index (κ3) is 4.73. The summed E-state index contributed by atoms with van der Waals surface area (Å²) in [7, 11) is 3.26. The highest BCUT2D eigenvalue weighted by molar-refractivity contribution is 5.77. The molecule has 5 heteroatoms. The molecule has 0 atom stereocenters. The van der Waals surface area contributed by atoms with Crippen LogP contribution in [0.4, 0.5) is 0 Å². The Morgan fingerprint density at radius 1 is 0.742 bits per heavy atom. The van der Waals surface area contributed by atoms with Crippen molar-refractivity contribution >= 4 is 11.8 Å². The molecule has 1 aromatic heterocycles. The lowest BCUT2D eigenvalue weighted by atomic mass is 10.1. The van der Waals surface area contributed by atoms with Crippen molar-refractivity contribution in [2.45, 2.75) is 0 Å². The van der Waals surface area contributed by atoms with Gasteiger partial charge in [-0.05, 0) is 30.3 Å². The second-order valence-electron chi connectivity index (χ2n) is 6.86. The summed E-state index contributed by atoms with van der Waals surface area (Å²) in [5, 5.41) is 10.6. The molecule has 0 unspecified atom stereocenters. The number of aliphatic hydroxyl groups is 1. The Bertz CT molecular complexity index is 1150.